The number of fused-ring (bicyclic) bond motifs is 1. The summed E-state index contributed by atoms with van der Waals surface area (Å²) in [6.45, 7) is 1.81. The van der Waals surface area contributed by atoms with Crippen LogP contribution in [0.4, 0.5) is 0 Å². The van der Waals surface area contributed by atoms with Gasteiger partial charge in [-0.05, 0) is 37.2 Å². The molecule has 1 amide bonds. The van der Waals surface area contributed by atoms with Crippen molar-refractivity contribution in [2.75, 3.05) is 19.6 Å². The van der Waals surface area contributed by atoms with E-state index in [1.165, 1.54) is 6.42 Å². The van der Waals surface area contributed by atoms with E-state index in [0.29, 0.717) is 37.9 Å². The first-order chi connectivity index (χ1) is 13.5. The minimum atomic E-state index is -3.34. The Labute approximate surface area is 167 Å². The molecule has 3 aliphatic rings. The van der Waals surface area contributed by atoms with Crippen LogP contribution in [-0.4, -0.2) is 50.3 Å². The maximum absolute atomic E-state index is 12.8. The number of hydrazine groups is 1. The van der Waals surface area contributed by atoms with Crippen LogP contribution in [0.2, 0.25) is 0 Å². The molecule has 2 saturated heterocycles. The summed E-state index contributed by atoms with van der Waals surface area (Å²) >= 11 is 0. The lowest BCUT2D eigenvalue weighted by Gasteiger charge is -2.36. The molecule has 1 saturated carbocycles. The zero-order valence-electron chi connectivity index (χ0n) is 16.1. The van der Waals surface area contributed by atoms with Crippen molar-refractivity contribution < 1.29 is 13.2 Å². The van der Waals surface area contributed by atoms with Gasteiger partial charge >= 0.3 is 0 Å². The Balaban J connectivity index is 1.29. The Morgan fingerprint density at radius 3 is 2.61 bits per heavy atom. The highest BCUT2D eigenvalue weighted by molar-refractivity contribution is 7.88. The topological polar surface area (TPSA) is 90.5 Å². The van der Waals surface area contributed by atoms with Crippen LogP contribution in [0, 0.1) is 11.8 Å². The Hall–Kier alpha value is -1.48. The summed E-state index contributed by atoms with van der Waals surface area (Å²) in [4.78, 5) is 12.8. The highest BCUT2D eigenvalue weighted by atomic mass is 32.2. The molecule has 7 nitrogen and oxygen atoms in total. The van der Waals surface area contributed by atoms with Crippen LogP contribution < -0.4 is 16.2 Å². The SMILES string of the molecule is O=C(NC1CCCC2CNNC21)C1CCN(S(=O)(=O)Cc2ccccc2)CC1. The molecule has 3 fully saturated rings. The third-order valence-corrected chi connectivity index (χ3v) is 8.25. The van der Waals surface area contributed by atoms with E-state index in [9.17, 15) is 13.2 Å². The summed E-state index contributed by atoms with van der Waals surface area (Å²) in [5, 5.41) is 3.24. The second-order valence-electron chi connectivity index (χ2n) is 8.27. The molecule has 1 aromatic carbocycles. The first-order valence-electron chi connectivity index (χ1n) is 10.3. The fourth-order valence-corrected chi connectivity index (χ4v) is 6.34. The van der Waals surface area contributed by atoms with E-state index < -0.39 is 10.0 Å². The van der Waals surface area contributed by atoms with Gasteiger partial charge in [0.15, 0.2) is 0 Å². The maximum Gasteiger partial charge on any atom is 0.223 e. The van der Waals surface area contributed by atoms with Gasteiger partial charge in [0.25, 0.3) is 0 Å². The van der Waals surface area contributed by atoms with E-state index >= 15 is 0 Å². The molecule has 154 valence electrons. The van der Waals surface area contributed by atoms with Gasteiger partial charge in [0.1, 0.15) is 0 Å². The Morgan fingerprint density at radius 2 is 1.86 bits per heavy atom. The van der Waals surface area contributed by atoms with Crippen molar-refractivity contribution in [3.63, 3.8) is 0 Å². The molecule has 4 rings (SSSR count). The molecule has 8 heteroatoms. The minimum absolute atomic E-state index is 0.0223. The van der Waals surface area contributed by atoms with E-state index in [0.717, 1.165) is 24.9 Å². The van der Waals surface area contributed by atoms with E-state index in [1.807, 2.05) is 30.3 Å². The lowest BCUT2D eigenvalue weighted by Crippen LogP contribution is -2.54. The van der Waals surface area contributed by atoms with Gasteiger partial charge in [-0.2, -0.15) is 0 Å². The lowest BCUT2D eigenvalue weighted by molar-refractivity contribution is -0.127. The van der Waals surface area contributed by atoms with Crippen LogP contribution in [0.25, 0.3) is 0 Å². The number of hydrogen-bond acceptors (Lipinski definition) is 5. The molecule has 3 N–H and O–H groups in total. The van der Waals surface area contributed by atoms with Crippen LogP contribution in [0.3, 0.4) is 0 Å². The average Bonchev–Trinajstić information content (AvgIpc) is 3.18. The minimum Gasteiger partial charge on any atom is -0.351 e. The maximum atomic E-state index is 12.8. The highest BCUT2D eigenvalue weighted by Gasteiger charge is 2.39. The van der Waals surface area contributed by atoms with Gasteiger partial charge in [-0.15, -0.1) is 0 Å². The number of rotatable bonds is 5. The normalized spacial score (nSPS) is 29.4. The fourth-order valence-electron chi connectivity index (χ4n) is 4.78. The summed E-state index contributed by atoms with van der Waals surface area (Å²) in [6, 6.07) is 9.73. The first-order valence-corrected chi connectivity index (χ1v) is 11.9. The molecule has 2 aliphatic heterocycles. The van der Waals surface area contributed by atoms with Gasteiger partial charge in [0.2, 0.25) is 15.9 Å². The third kappa shape index (κ3) is 4.40. The molecule has 3 unspecified atom stereocenters. The summed E-state index contributed by atoms with van der Waals surface area (Å²) in [5.74, 6) is 0.593. The van der Waals surface area contributed by atoms with Gasteiger partial charge < -0.3 is 5.32 Å². The van der Waals surface area contributed by atoms with E-state index in [1.54, 1.807) is 4.31 Å². The van der Waals surface area contributed by atoms with Crippen LogP contribution in [0.1, 0.15) is 37.7 Å². The summed E-state index contributed by atoms with van der Waals surface area (Å²) in [7, 11) is -3.34. The largest absolute Gasteiger partial charge is 0.351 e. The van der Waals surface area contributed by atoms with Gasteiger partial charge in [-0.3, -0.25) is 15.6 Å². The molecule has 3 atom stereocenters. The molecular formula is C20H30N4O3S. The molecule has 0 aromatic heterocycles. The predicted octanol–water partition coefficient (Wildman–Crippen LogP) is 0.990. The molecule has 28 heavy (non-hydrogen) atoms. The van der Waals surface area contributed by atoms with Crippen molar-refractivity contribution in [1.29, 1.82) is 0 Å². The van der Waals surface area contributed by atoms with Gasteiger partial charge in [0.05, 0.1) is 5.75 Å². The highest BCUT2D eigenvalue weighted by Crippen LogP contribution is 2.28. The number of hydrogen-bond donors (Lipinski definition) is 3. The Bertz CT molecular complexity index is 778. The monoisotopic (exact) mass is 406 g/mol. The number of nitrogens with one attached hydrogen (secondary N) is 3. The Morgan fingerprint density at radius 1 is 1.11 bits per heavy atom. The number of nitrogens with zero attached hydrogens (tertiary/aromatic N) is 1. The summed E-state index contributed by atoms with van der Waals surface area (Å²) in [6.07, 6.45) is 4.53. The summed E-state index contributed by atoms with van der Waals surface area (Å²) < 4.78 is 26.9. The average molecular weight is 407 g/mol. The molecule has 0 spiro atoms. The number of piperidine rings is 1. The number of amides is 1. The number of carbonyl (C=O) groups is 1. The third-order valence-electron chi connectivity index (χ3n) is 6.40. The molecule has 2 heterocycles. The summed E-state index contributed by atoms with van der Waals surface area (Å²) in [5.41, 5.74) is 7.33. The van der Waals surface area contributed by atoms with Crippen LogP contribution in [0.5, 0.6) is 0 Å². The van der Waals surface area contributed by atoms with E-state index in [4.69, 9.17) is 0 Å². The first kappa shape index (κ1) is 19.8. The molecule has 1 aliphatic carbocycles. The second-order valence-corrected chi connectivity index (χ2v) is 10.2. The lowest BCUT2D eigenvalue weighted by atomic mass is 9.82. The number of benzene rings is 1. The van der Waals surface area contributed by atoms with Crippen molar-refractivity contribution >= 4 is 15.9 Å². The zero-order valence-corrected chi connectivity index (χ0v) is 17.0. The van der Waals surface area contributed by atoms with Gasteiger partial charge in [-0.1, -0.05) is 36.8 Å². The van der Waals surface area contributed by atoms with Crippen LogP contribution >= 0.6 is 0 Å². The Kier molecular flexibility index (Phi) is 6.01. The second kappa shape index (κ2) is 8.49. The molecule has 1 aromatic rings. The van der Waals surface area contributed by atoms with Crippen LogP contribution in [0.15, 0.2) is 30.3 Å². The zero-order chi connectivity index (χ0) is 19.6. The van der Waals surface area contributed by atoms with Crippen molar-refractivity contribution in [3.05, 3.63) is 35.9 Å². The van der Waals surface area contributed by atoms with Crippen molar-refractivity contribution in [2.45, 2.75) is 49.9 Å². The van der Waals surface area contributed by atoms with Crippen molar-refractivity contribution in [2.24, 2.45) is 11.8 Å². The smallest absolute Gasteiger partial charge is 0.223 e. The predicted molar refractivity (Wildman–Crippen MR) is 108 cm³/mol. The molecular weight excluding hydrogens is 376 g/mol. The molecule has 0 bridgehead atoms. The fraction of sp³-hybridized carbons (Fsp3) is 0.650. The van der Waals surface area contributed by atoms with Gasteiger partial charge in [0, 0.05) is 37.6 Å². The van der Waals surface area contributed by atoms with Gasteiger partial charge in [-0.25, -0.2) is 12.7 Å². The van der Waals surface area contributed by atoms with Crippen molar-refractivity contribution in [3.8, 4) is 0 Å². The number of sulfonamides is 1. The quantitative estimate of drug-likeness (QED) is 0.678. The van der Waals surface area contributed by atoms with Crippen LogP contribution in [-0.2, 0) is 20.6 Å². The standard InChI is InChI=1S/C20H30N4O3S/c25-20(22-18-8-4-7-17-13-21-23-19(17)18)16-9-11-24(12-10-16)28(26,27)14-15-5-2-1-3-6-15/h1-3,5-6,16-19,21,23H,4,7-14H2,(H,22,25). The van der Waals surface area contributed by atoms with E-state index in [-0.39, 0.29) is 23.6 Å². The van der Waals surface area contributed by atoms with Crippen molar-refractivity contribution in [1.82, 2.24) is 20.5 Å². The van der Waals surface area contributed by atoms with E-state index in [2.05, 4.69) is 16.2 Å². The number of carbonyl (C=O) groups excluding carboxylic acids is 1. The molecule has 0 radical (unpaired) electrons.